The van der Waals surface area contributed by atoms with Crippen molar-refractivity contribution in [2.24, 2.45) is 0 Å². The van der Waals surface area contributed by atoms with Crippen molar-refractivity contribution in [3.63, 3.8) is 0 Å². The number of hydrogen-bond donors (Lipinski definition) is 1. The third-order valence-corrected chi connectivity index (χ3v) is 5.49. The number of hydrogen-bond acceptors (Lipinski definition) is 5. The van der Waals surface area contributed by atoms with Crippen LogP contribution < -0.4 is 10.2 Å². The molecule has 0 unspecified atom stereocenters. The number of carbonyl (C=O) groups excluding carboxylic acids is 1. The fourth-order valence-electron chi connectivity index (χ4n) is 3.70. The van der Waals surface area contributed by atoms with Crippen LogP contribution >= 0.6 is 11.6 Å². The van der Waals surface area contributed by atoms with E-state index in [2.05, 4.69) is 43.5 Å². The van der Waals surface area contributed by atoms with Gasteiger partial charge in [-0.25, -0.2) is 9.97 Å². The van der Waals surface area contributed by atoms with Crippen molar-refractivity contribution in [2.75, 3.05) is 18.0 Å². The molecule has 1 amide bonds. The third-order valence-electron chi connectivity index (χ3n) is 5.22. The Balaban J connectivity index is 1.43. The summed E-state index contributed by atoms with van der Waals surface area (Å²) < 4.78 is 1.98. The summed E-state index contributed by atoms with van der Waals surface area (Å²) in [5.74, 6) is 0.265. The molecule has 4 rings (SSSR count). The molecule has 1 aliphatic rings. The Morgan fingerprint density at radius 3 is 2.67 bits per heavy atom. The molecule has 1 aliphatic heterocycles. The molecular weight excluding hydrogens is 400 g/mol. The standard InChI is InChI=1S/C22H25ClN6O/c1-15-10-16(2)29(27-15)14-18-7-5-6-17(11-18)12-24-21(30)20-19(23)13-25-22(26-20)28-8-3-4-9-28/h5-7,10-11,13H,3-4,8-9,12,14H2,1-2H3,(H,24,30). The van der Waals surface area contributed by atoms with Crippen molar-refractivity contribution in [3.8, 4) is 0 Å². The van der Waals surface area contributed by atoms with Crippen LogP contribution in [0, 0.1) is 13.8 Å². The van der Waals surface area contributed by atoms with E-state index in [0.717, 1.165) is 48.4 Å². The fraction of sp³-hybridized carbons (Fsp3) is 0.364. The summed E-state index contributed by atoms with van der Waals surface area (Å²) in [5, 5.41) is 7.70. The van der Waals surface area contributed by atoms with E-state index in [4.69, 9.17) is 11.6 Å². The van der Waals surface area contributed by atoms with Gasteiger partial charge in [-0.05, 0) is 43.9 Å². The molecule has 1 N–H and O–H groups in total. The molecule has 3 aromatic rings. The number of nitrogens with one attached hydrogen (secondary N) is 1. The second-order valence-electron chi connectivity index (χ2n) is 7.65. The van der Waals surface area contributed by atoms with E-state index in [9.17, 15) is 4.79 Å². The van der Waals surface area contributed by atoms with E-state index in [0.29, 0.717) is 19.0 Å². The summed E-state index contributed by atoms with van der Waals surface area (Å²) in [7, 11) is 0. The van der Waals surface area contributed by atoms with Gasteiger partial charge < -0.3 is 10.2 Å². The van der Waals surface area contributed by atoms with Gasteiger partial charge in [-0.1, -0.05) is 35.9 Å². The summed E-state index contributed by atoms with van der Waals surface area (Å²) in [6.07, 6.45) is 3.73. The van der Waals surface area contributed by atoms with Crippen LogP contribution in [-0.2, 0) is 13.1 Å². The van der Waals surface area contributed by atoms with Gasteiger partial charge in [-0.2, -0.15) is 5.10 Å². The Bertz CT molecular complexity index is 1060. The monoisotopic (exact) mass is 424 g/mol. The molecule has 7 nitrogen and oxygen atoms in total. The summed E-state index contributed by atoms with van der Waals surface area (Å²) >= 11 is 6.20. The number of carbonyl (C=O) groups is 1. The van der Waals surface area contributed by atoms with E-state index >= 15 is 0 Å². The van der Waals surface area contributed by atoms with Gasteiger partial charge in [0.2, 0.25) is 5.95 Å². The molecule has 1 saturated heterocycles. The zero-order valence-corrected chi connectivity index (χ0v) is 18.0. The Hall–Kier alpha value is -2.93. The first-order valence-corrected chi connectivity index (χ1v) is 10.5. The number of aryl methyl sites for hydroxylation is 2. The largest absolute Gasteiger partial charge is 0.347 e. The number of nitrogens with zero attached hydrogens (tertiary/aromatic N) is 5. The maximum Gasteiger partial charge on any atom is 0.271 e. The van der Waals surface area contributed by atoms with Gasteiger partial charge in [0.25, 0.3) is 5.91 Å². The van der Waals surface area contributed by atoms with Crippen LogP contribution in [0.2, 0.25) is 5.02 Å². The minimum absolute atomic E-state index is 0.215. The minimum atomic E-state index is -0.299. The highest BCUT2D eigenvalue weighted by Crippen LogP contribution is 2.20. The van der Waals surface area contributed by atoms with Crippen molar-refractivity contribution in [2.45, 2.75) is 39.8 Å². The number of aromatic nitrogens is 4. The number of halogens is 1. The molecule has 3 heterocycles. The van der Waals surface area contributed by atoms with Gasteiger partial charge in [-0.15, -0.1) is 0 Å². The predicted octanol–water partition coefficient (Wildman–Crippen LogP) is 3.52. The van der Waals surface area contributed by atoms with E-state index in [-0.39, 0.29) is 16.6 Å². The highest BCUT2D eigenvalue weighted by Gasteiger charge is 2.19. The molecule has 1 aromatic carbocycles. The average Bonchev–Trinajstić information content (AvgIpc) is 3.37. The van der Waals surface area contributed by atoms with Gasteiger partial charge in [0, 0.05) is 25.3 Å². The molecule has 8 heteroatoms. The van der Waals surface area contributed by atoms with E-state index in [1.165, 1.54) is 6.20 Å². The lowest BCUT2D eigenvalue weighted by Crippen LogP contribution is -2.27. The first-order valence-electron chi connectivity index (χ1n) is 10.1. The first-order chi connectivity index (χ1) is 14.5. The maximum atomic E-state index is 12.7. The van der Waals surface area contributed by atoms with Gasteiger partial charge in [0.15, 0.2) is 5.69 Å². The summed E-state index contributed by atoms with van der Waals surface area (Å²) in [4.78, 5) is 23.5. The molecule has 0 radical (unpaired) electrons. The smallest absolute Gasteiger partial charge is 0.271 e. The Kier molecular flexibility index (Phi) is 5.99. The third kappa shape index (κ3) is 4.62. The molecule has 0 bridgehead atoms. The molecule has 0 saturated carbocycles. The van der Waals surface area contributed by atoms with Gasteiger partial charge in [0.05, 0.1) is 23.5 Å². The zero-order valence-electron chi connectivity index (χ0n) is 17.2. The molecular formula is C22H25ClN6O. The molecule has 0 spiro atoms. The SMILES string of the molecule is Cc1cc(C)n(Cc2cccc(CNC(=O)c3nc(N4CCCC4)ncc3Cl)c2)n1. The normalized spacial score (nSPS) is 13.6. The van der Waals surface area contributed by atoms with E-state index in [1.54, 1.807) is 0 Å². The summed E-state index contributed by atoms with van der Waals surface area (Å²) in [6.45, 7) is 6.94. The average molecular weight is 425 g/mol. The number of amides is 1. The van der Waals surface area contributed by atoms with Crippen molar-refractivity contribution in [3.05, 3.63) is 69.8 Å². The highest BCUT2D eigenvalue weighted by atomic mass is 35.5. The topological polar surface area (TPSA) is 75.9 Å². The van der Waals surface area contributed by atoms with Crippen LogP contribution in [0.15, 0.2) is 36.5 Å². The molecule has 2 aromatic heterocycles. The second-order valence-corrected chi connectivity index (χ2v) is 8.06. The van der Waals surface area contributed by atoms with Crippen LogP contribution in [0.3, 0.4) is 0 Å². The molecule has 0 aliphatic carbocycles. The van der Waals surface area contributed by atoms with Crippen LogP contribution in [0.1, 0.15) is 45.8 Å². The molecule has 156 valence electrons. The van der Waals surface area contributed by atoms with Crippen LogP contribution in [0.25, 0.3) is 0 Å². The Morgan fingerprint density at radius 1 is 1.17 bits per heavy atom. The molecule has 1 fully saturated rings. The summed E-state index contributed by atoms with van der Waals surface area (Å²) in [6, 6.07) is 10.2. The fourth-order valence-corrected chi connectivity index (χ4v) is 3.88. The van der Waals surface area contributed by atoms with Gasteiger partial charge in [0.1, 0.15) is 0 Å². The lowest BCUT2D eigenvalue weighted by atomic mass is 10.1. The van der Waals surface area contributed by atoms with Gasteiger partial charge in [-0.3, -0.25) is 9.48 Å². The second kappa shape index (κ2) is 8.83. The van der Waals surface area contributed by atoms with Crippen molar-refractivity contribution in [1.29, 1.82) is 0 Å². The lowest BCUT2D eigenvalue weighted by Gasteiger charge is -2.16. The Labute approximate surface area is 181 Å². The number of rotatable bonds is 6. The number of anilines is 1. The van der Waals surface area contributed by atoms with E-state index in [1.807, 2.05) is 30.7 Å². The zero-order chi connectivity index (χ0) is 21.1. The highest BCUT2D eigenvalue weighted by molar-refractivity contribution is 6.33. The van der Waals surface area contributed by atoms with Crippen LogP contribution in [-0.4, -0.2) is 38.7 Å². The molecule has 30 heavy (non-hydrogen) atoms. The predicted molar refractivity (Wildman–Crippen MR) is 117 cm³/mol. The Morgan fingerprint density at radius 2 is 1.93 bits per heavy atom. The lowest BCUT2D eigenvalue weighted by molar-refractivity contribution is 0.0946. The first kappa shape index (κ1) is 20.3. The summed E-state index contributed by atoms with van der Waals surface area (Å²) in [5.41, 5.74) is 4.48. The van der Waals surface area contributed by atoms with Crippen molar-refractivity contribution >= 4 is 23.5 Å². The van der Waals surface area contributed by atoms with Gasteiger partial charge >= 0.3 is 0 Å². The molecule has 0 atom stereocenters. The van der Waals surface area contributed by atoms with Crippen LogP contribution in [0.5, 0.6) is 0 Å². The van der Waals surface area contributed by atoms with Crippen molar-refractivity contribution < 1.29 is 4.79 Å². The minimum Gasteiger partial charge on any atom is -0.347 e. The van der Waals surface area contributed by atoms with E-state index < -0.39 is 0 Å². The quantitative estimate of drug-likeness (QED) is 0.655. The number of benzene rings is 1. The van der Waals surface area contributed by atoms with Crippen LogP contribution in [0.4, 0.5) is 5.95 Å². The van der Waals surface area contributed by atoms with Crippen molar-refractivity contribution in [1.82, 2.24) is 25.1 Å². The maximum absolute atomic E-state index is 12.7.